The predicted molar refractivity (Wildman–Crippen MR) is 141 cm³/mol. The lowest BCUT2D eigenvalue weighted by atomic mass is 9.83. The average molecular weight is 506 g/mol. The van der Waals surface area contributed by atoms with E-state index in [1.807, 2.05) is 37.3 Å². The van der Waals surface area contributed by atoms with E-state index in [9.17, 15) is 14.0 Å². The van der Waals surface area contributed by atoms with Gasteiger partial charge in [-0.1, -0.05) is 49.4 Å². The first kappa shape index (κ1) is 26.6. The second kappa shape index (κ2) is 12.7. The molecule has 37 heavy (non-hydrogen) atoms. The molecule has 0 unspecified atom stereocenters. The molecule has 0 saturated carbocycles. The highest BCUT2D eigenvalue weighted by molar-refractivity contribution is 5.91. The summed E-state index contributed by atoms with van der Waals surface area (Å²) in [7, 11) is 0. The standard InChI is InChI=1S/C30H36FN3O3/c1-2-28(35)34(23-27-12-7-21-37-27)30(29(36)32-17-13-25-10-6-11-26(31)22-25)15-19-33(20-16-30)18-14-24-8-4-3-5-9-24/h3-12,21-22H,2,13-20,23H2,1H3,(H,32,36). The van der Waals surface area contributed by atoms with Crippen LogP contribution in [0.15, 0.2) is 77.4 Å². The number of benzene rings is 2. The van der Waals surface area contributed by atoms with E-state index in [1.165, 1.54) is 17.7 Å². The fourth-order valence-corrected chi connectivity index (χ4v) is 5.10. The molecular formula is C30H36FN3O3. The first-order valence-corrected chi connectivity index (χ1v) is 13.1. The molecule has 196 valence electrons. The molecule has 1 aliphatic heterocycles. The van der Waals surface area contributed by atoms with E-state index in [-0.39, 0.29) is 24.2 Å². The van der Waals surface area contributed by atoms with Crippen molar-refractivity contribution in [1.29, 1.82) is 0 Å². The van der Waals surface area contributed by atoms with Crippen molar-refractivity contribution in [2.45, 2.75) is 51.1 Å². The first-order chi connectivity index (χ1) is 18.0. The van der Waals surface area contributed by atoms with Gasteiger partial charge in [-0.05, 0) is 61.1 Å². The number of hydrogen-bond acceptors (Lipinski definition) is 4. The molecule has 1 N–H and O–H groups in total. The zero-order chi connectivity index (χ0) is 26.1. The van der Waals surface area contributed by atoms with E-state index < -0.39 is 5.54 Å². The van der Waals surface area contributed by atoms with E-state index in [2.05, 4.69) is 22.3 Å². The van der Waals surface area contributed by atoms with Crippen LogP contribution in [0.5, 0.6) is 0 Å². The molecular weight excluding hydrogens is 469 g/mol. The molecule has 2 heterocycles. The number of halogens is 1. The van der Waals surface area contributed by atoms with Gasteiger partial charge in [-0.3, -0.25) is 9.59 Å². The maximum atomic E-state index is 13.8. The van der Waals surface area contributed by atoms with Crippen molar-refractivity contribution in [3.8, 4) is 0 Å². The topological polar surface area (TPSA) is 65.8 Å². The summed E-state index contributed by atoms with van der Waals surface area (Å²) < 4.78 is 19.1. The first-order valence-electron chi connectivity index (χ1n) is 13.1. The van der Waals surface area contributed by atoms with Crippen molar-refractivity contribution < 1.29 is 18.4 Å². The highest BCUT2D eigenvalue weighted by Crippen LogP contribution is 2.32. The lowest BCUT2D eigenvalue weighted by molar-refractivity contribution is -0.152. The smallest absolute Gasteiger partial charge is 0.246 e. The van der Waals surface area contributed by atoms with Crippen LogP contribution in [0.3, 0.4) is 0 Å². The fourth-order valence-electron chi connectivity index (χ4n) is 5.10. The second-order valence-corrected chi connectivity index (χ2v) is 9.66. The molecule has 7 heteroatoms. The van der Waals surface area contributed by atoms with Crippen molar-refractivity contribution >= 4 is 11.8 Å². The quantitative estimate of drug-likeness (QED) is 0.414. The van der Waals surface area contributed by atoms with Gasteiger partial charge in [-0.15, -0.1) is 0 Å². The summed E-state index contributed by atoms with van der Waals surface area (Å²) in [6.07, 6.45) is 4.43. The molecule has 0 atom stereocenters. The third-order valence-corrected chi connectivity index (χ3v) is 7.27. The van der Waals surface area contributed by atoms with Crippen LogP contribution in [0.1, 0.15) is 43.1 Å². The van der Waals surface area contributed by atoms with Crippen LogP contribution < -0.4 is 5.32 Å². The van der Waals surface area contributed by atoms with Gasteiger partial charge < -0.3 is 19.5 Å². The largest absolute Gasteiger partial charge is 0.467 e. The van der Waals surface area contributed by atoms with Crippen LogP contribution in [0.25, 0.3) is 0 Å². The van der Waals surface area contributed by atoms with Crippen molar-refractivity contribution in [2.75, 3.05) is 26.2 Å². The molecule has 6 nitrogen and oxygen atoms in total. The molecule has 4 rings (SSSR count). The molecule has 1 saturated heterocycles. The number of carbonyl (C=O) groups is 2. The van der Waals surface area contributed by atoms with Crippen molar-refractivity contribution in [1.82, 2.24) is 15.1 Å². The number of piperidine rings is 1. The van der Waals surface area contributed by atoms with Crippen molar-refractivity contribution in [3.63, 3.8) is 0 Å². The van der Waals surface area contributed by atoms with E-state index in [0.29, 0.717) is 38.0 Å². The van der Waals surface area contributed by atoms with Gasteiger partial charge in [0, 0.05) is 32.6 Å². The second-order valence-electron chi connectivity index (χ2n) is 9.66. The lowest BCUT2D eigenvalue weighted by Gasteiger charge is -2.47. The minimum Gasteiger partial charge on any atom is -0.467 e. The summed E-state index contributed by atoms with van der Waals surface area (Å²) in [6, 6.07) is 20.4. The number of amides is 2. The predicted octanol–water partition coefficient (Wildman–Crippen LogP) is 4.59. The molecule has 0 bridgehead atoms. The summed E-state index contributed by atoms with van der Waals surface area (Å²) in [4.78, 5) is 31.1. The number of hydrogen-bond donors (Lipinski definition) is 1. The third-order valence-electron chi connectivity index (χ3n) is 7.27. The number of likely N-dealkylation sites (tertiary alicyclic amines) is 1. The molecule has 1 aromatic heterocycles. The number of rotatable bonds is 11. The number of nitrogens with one attached hydrogen (secondary N) is 1. The number of carbonyl (C=O) groups excluding carboxylic acids is 2. The molecule has 0 spiro atoms. The number of nitrogens with zero attached hydrogens (tertiary/aromatic N) is 2. The fraction of sp³-hybridized carbons (Fsp3) is 0.400. The SMILES string of the molecule is CCC(=O)N(Cc1ccco1)C1(C(=O)NCCc2cccc(F)c2)CCN(CCc2ccccc2)CC1. The Morgan fingerprint density at radius 2 is 1.76 bits per heavy atom. The van der Waals surface area contributed by atoms with Crippen molar-refractivity contribution in [3.05, 3.63) is 95.7 Å². The Kier molecular flexibility index (Phi) is 9.12. The Hall–Kier alpha value is -3.45. The molecule has 0 aliphatic carbocycles. The van der Waals surface area contributed by atoms with Gasteiger partial charge in [0.25, 0.3) is 0 Å². The molecule has 0 radical (unpaired) electrons. The number of furan rings is 1. The van der Waals surface area contributed by atoms with Gasteiger partial charge in [-0.25, -0.2) is 4.39 Å². The van der Waals surface area contributed by atoms with Gasteiger partial charge in [0.05, 0.1) is 12.8 Å². The lowest BCUT2D eigenvalue weighted by Crippen LogP contribution is -2.64. The van der Waals surface area contributed by atoms with E-state index in [1.54, 1.807) is 23.3 Å². The van der Waals surface area contributed by atoms with E-state index >= 15 is 0 Å². The highest BCUT2D eigenvalue weighted by Gasteiger charge is 2.48. The summed E-state index contributed by atoms with van der Waals surface area (Å²) in [5, 5.41) is 3.07. The van der Waals surface area contributed by atoms with Crippen LogP contribution >= 0.6 is 0 Å². The zero-order valence-corrected chi connectivity index (χ0v) is 21.5. The van der Waals surface area contributed by atoms with Crippen LogP contribution in [0.2, 0.25) is 0 Å². The van der Waals surface area contributed by atoms with E-state index in [0.717, 1.165) is 31.6 Å². The van der Waals surface area contributed by atoms with E-state index in [4.69, 9.17) is 4.42 Å². The third kappa shape index (κ3) is 6.86. The Bertz CT molecular complexity index is 1140. The van der Waals surface area contributed by atoms with Crippen molar-refractivity contribution in [2.24, 2.45) is 0 Å². The maximum absolute atomic E-state index is 13.8. The summed E-state index contributed by atoms with van der Waals surface area (Å²) in [5.41, 5.74) is 1.14. The van der Waals surface area contributed by atoms with Crippen LogP contribution in [0, 0.1) is 5.82 Å². The Balaban J connectivity index is 1.48. The molecule has 1 fully saturated rings. The molecule has 3 aromatic rings. The van der Waals surface area contributed by atoms with Crippen LogP contribution in [-0.2, 0) is 29.0 Å². The monoisotopic (exact) mass is 505 g/mol. The van der Waals surface area contributed by atoms with Gasteiger partial charge >= 0.3 is 0 Å². The Morgan fingerprint density at radius 3 is 2.43 bits per heavy atom. The molecule has 2 amide bonds. The normalized spacial score (nSPS) is 15.3. The Morgan fingerprint density at radius 1 is 1.00 bits per heavy atom. The minimum atomic E-state index is -0.967. The molecule has 1 aliphatic rings. The minimum absolute atomic E-state index is 0.0746. The Labute approximate surface area is 218 Å². The summed E-state index contributed by atoms with van der Waals surface area (Å²) >= 11 is 0. The van der Waals surface area contributed by atoms with Gasteiger partial charge in [0.1, 0.15) is 17.1 Å². The average Bonchev–Trinajstić information content (AvgIpc) is 3.44. The maximum Gasteiger partial charge on any atom is 0.246 e. The van der Waals surface area contributed by atoms with Gasteiger partial charge in [0.2, 0.25) is 11.8 Å². The summed E-state index contributed by atoms with van der Waals surface area (Å²) in [5.74, 6) is 0.135. The summed E-state index contributed by atoms with van der Waals surface area (Å²) in [6.45, 7) is 4.78. The van der Waals surface area contributed by atoms with Gasteiger partial charge in [-0.2, -0.15) is 0 Å². The highest BCUT2D eigenvalue weighted by atomic mass is 19.1. The molecule has 2 aromatic carbocycles. The van der Waals surface area contributed by atoms with Gasteiger partial charge in [0.15, 0.2) is 0 Å². The zero-order valence-electron chi connectivity index (χ0n) is 21.5. The van der Waals surface area contributed by atoms with Crippen LogP contribution in [0.4, 0.5) is 4.39 Å². The van der Waals surface area contributed by atoms with Crippen LogP contribution in [-0.4, -0.2) is 53.3 Å².